The lowest BCUT2D eigenvalue weighted by molar-refractivity contribution is -0.383. The van der Waals surface area contributed by atoms with E-state index in [1.807, 2.05) is 4.57 Å². The molecule has 4 aromatic rings. The van der Waals surface area contributed by atoms with Crippen molar-refractivity contribution in [1.29, 1.82) is 0 Å². The Morgan fingerprint density at radius 1 is 1.16 bits per heavy atom. The van der Waals surface area contributed by atoms with Gasteiger partial charge in [-0.25, -0.2) is 4.39 Å². The molecule has 1 aliphatic rings. The number of aromatic nitrogens is 4. The van der Waals surface area contributed by atoms with E-state index in [1.165, 1.54) is 24.3 Å². The van der Waals surface area contributed by atoms with Crippen molar-refractivity contribution in [2.24, 2.45) is 0 Å². The fraction of sp³-hybridized carbons (Fsp3) is 0.227. The van der Waals surface area contributed by atoms with Gasteiger partial charge in [0.2, 0.25) is 0 Å². The number of nitro groups is 1. The van der Waals surface area contributed by atoms with Crippen molar-refractivity contribution in [1.82, 2.24) is 19.7 Å². The number of aryl methyl sites for hydroxylation is 1. The summed E-state index contributed by atoms with van der Waals surface area (Å²) in [6.45, 7) is 0.796. The van der Waals surface area contributed by atoms with E-state index in [1.54, 1.807) is 18.2 Å². The normalized spacial score (nSPS) is 13.5. The molecule has 0 unspecified atom stereocenters. The van der Waals surface area contributed by atoms with E-state index >= 15 is 0 Å². The van der Waals surface area contributed by atoms with Crippen LogP contribution in [0.15, 0.2) is 42.5 Å². The first-order chi connectivity index (χ1) is 15.5. The fourth-order valence-electron chi connectivity index (χ4n) is 4.06. The number of para-hydroxylation sites is 1. The van der Waals surface area contributed by atoms with Crippen molar-refractivity contribution < 1.29 is 14.1 Å². The minimum absolute atomic E-state index is 0.00775. The number of nitrogens with one attached hydrogen (secondary N) is 2. The number of carbonyl (C=O) groups is 1. The maximum Gasteiger partial charge on any atom is 0.293 e. The van der Waals surface area contributed by atoms with E-state index in [0.29, 0.717) is 16.8 Å². The maximum absolute atomic E-state index is 14.5. The monoisotopic (exact) mass is 434 g/mol. The number of non-ortho nitro benzene ring substituents is 1. The highest BCUT2D eigenvalue weighted by Crippen LogP contribution is 2.28. The number of carbonyl (C=O) groups excluding carboxylic acids is 1. The van der Waals surface area contributed by atoms with Gasteiger partial charge in [0.25, 0.3) is 11.6 Å². The Labute approximate surface area is 181 Å². The summed E-state index contributed by atoms with van der Waals surface area (Å²) in [7, 11) is 0. The second-order valence-corrected chi connectivity index (χ2v) is 7.73. The highest BCUT2D eigenvalue weighted by Gasteiger charge is 2.20. The third-order valence-corrected chi connectivity index (χ3v) is 5.66. The smallest absolute Gasteiger partial charge is 0.293 e. The largest absolute Gasteiger partial charge is 0.345 e. The molecule has 9 nitrogen and oxygen atoms in total. The third-order valence-electron chi connectivity index (χ3n) is 5.66. The predicted molar refractivity (Wildman–Crippen MR) is 116 cm³/mol. The van der Waals surface area contributed by atoms with Gasteiger partial charge in [0.15, 0.2) is 5.82 Å². The topological polar surface area (TPSA) is 119 Å². The van der Waals surface area contributed by atoms with Crippen LogP contribution in [0.2, 0.25) is 0 Å². The molecule has 3 heterocycles. The predicted octanol–water partition coefficient (Wildman–Crippen LogP) is 4.45. The minimum Gasteiger partial charge on any atom is -0.345 e. The summed E-state index contributed by atoms with van der Waals surface area (Å²) in [6.07, 6.45) is 4.06. The van der Waals surface area contributed by atoms with Crippen LogP contribution in [0.25, 0.3) is 22.3 Å². The highest BCUT2D eigenvalue weighted by atomic mass is 19.1. The standard InChI is InChI=1S/C22H19FN6O3/c23-15-9-8-14(21-27-26-19-7-2-1-3-10-28(19)21)12-16(15)25-22(30)17-11-13-5-4-6-18(29(31)32)20(13)24-17/h4-6,8-9,11-12,24H,1-3,7,10H2,(H,25,30). The summed E-state index contributed by atoms with van der Waals surface area (Å²) in [5.41, 5.74) is 0.835. The number of hydrogen-bond donors (Lipinski definition) is 2. The van der Waals surface area contributed by atoms with Crippen molar-refractivity contribution in [3.63, 3.8) is 0 Å². The van der Waals surface area contributed by atoms with Crippen molar-refractivity contribution in [2.75, 3.05) is 5.32 Å². The Kier molecular flexibility index (Phi) is 4.89. The Morgan fingerprint density at radius 2 is 2.03 bits per heavy atom. The van der Waals surface area contributed by atoms with E-state index in [4.69, 9.17) is 0 Å². The number of hydrogen-bond acceptors (Lipinski definition) is 5. The number of nitrogens with zero attached hydrogens (tertiary/aromatic N) is 4. The van der Waals surface area contributed by atoms with E-state index < -0.39 is 16.6 Å². The molecule has 2 aromatic heterocycles. The van der Waals surface area contributed by atoms with Gasteiger partial charge in [-0.05, 0) is 37.1 Å². The zero-order valence-corrected chi connectivity index (χ0v) is 17.0. The molecule has 0 fully saturated rings. The van der Waals surface area contributed by atoms with Gasteiger partial charge in [-0.2, -0.15) is 0 Å². The molecule has 0 atom stereocenters. The highest BCUT2D eigenvalue weighted by molar-refractivity contribution is 6.07. The first-order valence-corrected chi connectivity index (χ1v) is 10.3. The van der Waals surface area contributed by atoms with Crippen LogP contribution in [-0.4, -0.2) is 30.6 Å². The van der Waals surface area contributed by atoms with Crippen molar-refractivity contribution in [3.05, 3.63) is 69.9 Å². The number of halogens is 1. The number of amides is 1. The van der Waals surface area contributed by atoms with Gasteiger partial charge in [0.1, 0.15) is 22.9 Å². The van der Waals surface area contributed by atoms with Crippen LogP contribution < -0.4 is 5.32 Å². The van der Waals surface area contributed by atoms with Gasteiger partial charge in [-0.3, -0.25) is 14.9 Å². The second kappa shape index (κ2) is 7.88. The van der Waals surface area contributed by atoms with E-state index in [9.17, 15) is 19.3 Å². The molecule has 32 heavy (non-hydrogen) atoms. The van der Waals surface area contributed by atoms with Crippen LogP contribution in [0.4, 0.5) is 15.8 Å². The second-order valence-electron chi connectivity index (χ2n) is 7.73. The molecule has 10 heteroatoms. The summed E-state index contributed by atoms with van der Waals surface area (Å²) in [6, 6.07) is 10.5. The number of nitro benzene ring substituents is 1. The van der Waals surface area contributed by atoms with Gasteiger partial charge in [0.05, 0.1) is 10.6 Å². The molecule has 0 bridgehead atoms. The lowest BCUT2D eigenvalue weighted by Crippen LogP contribution is -2.13. The first-order valence-electron chi connectivity index (χ1n) is 10.3. The Hall–Kier alpha value is -4.08. The molecule has 2 N–H and O–H groups in total. The van der Waals surface area contributed by atoms with Crippen LogP contribution in [0.3, 0.4) is 0 Å². The fourth-order valence-corrected chi connectivity index (χ4v) is 4.06. The number of benzene rings is 2. The number of aromatic amines is 1. The van der Waals surface area contributed by atoms with Gasteiger partial charge < -0.3 is 14.9 Å². The average molecular weight is 434 g/mol. The van der Waals surface area contributed by atoms with Crippen molar-refractivity contribution in [3.8, 4) is 11.4 Å². The van der Waals surface area contributed by atoms with Crippen molar-refractivity contribution in [2.45, 2.75) is 32.2 Å². The van der Waals surface area contributed by atoms with Crippen LogP contribution in [-0.2, 0) is 13.0 Å². The van der Waals surface area contributed by atoms with Gasteiger partial charge in [-0.1, -0.05) is 18.6 Å². The number of H-pyrrole nitrogens is 1. The molecule has 0 radical (unpaired) electrons. The van der Waals surface area contributed by atoms with E-state index in [0.717, 1.165) is 38.1 Å². The molecule has 5 rings (SSSR count). The van der Waals surface area contributed by atoms with E-state index in [-0.39, 0.29) is 22.6 Å². The number of fused-ring (bicyclic) bond motifs is 2. The van der Waals surface area contributed by atoms with Gasteiger partial charge in [-0.15, -0.1) is 10.2 Å². The molecule has 0 saturated carbocycles. The Balaban J connectivity index is 1.46. The summed E-state index contributed by atoms with van der Waals surface area (Å²) < 4.78 is 16.6. The zero-order valence-electron chi connectivity index (χ0n) is 17.0. The van der Waals surface area contributed by atoms with Crippen LogP contribution in [0, 0.1) is 15.9 Å². The Bertz CT molecular complexity index is 1360. The van der Waals surface area contributed by atoms with Crippen LogP contribution >= 0.6 is 0 Å². The van der Waals surface area contributed by atoms with Crippen LogP contribution in [0.1, 0.15) is 35.6 Å². The molecule has 0 spiro atoms. The molecular formula is C22H19FN6O3. The summed E-state index contributed by atoms with van der Waals surface area (Å²) in [5, 5.41) is 22.9. The zero-order chi connectivity index (χ0) is 22.2. The van der Waals surface area contributed by atoms with Crippen molar-refractivity contribution >= 4 is 28.2 Å². The molecular weight excluding hydrogens is 415 g/mol. The summed E-state index contributed by atoms with van der Waals surface area (Å²) in [5.74, 6) is 0.345. The maximum atomic E-state index is 14.5. The first kappa shape index (κ1) is 19.9. The number of rotatable bonds is 4. The van der Waals surface area contributed by atoms with E-state index in [2.05, 4.69) is 20.5 Å². The molecule has 0 aliphatic carbocycles. The van der Waals surface area contributed by atoms with Gasteiger partial charge in [0, 0.05) is 30.0 Å². The summed E-state index contributed by atoms with van der Waals surface area (Å²) in [4.78, 5) is 26.3. The molecule has 2 aromatic carbocycles. The third kappa shape index (κ3) is 3.49. The lowest BCUT2D eigenvalue weighted by Gasteiger charge is -2.10. The molecule has 1 amide bonds. The molecule has 162 valence electrons. The SMILES string of the molecule is O=C(Nc1cc(-c2nnc3n2CCCCC3)ccc1F)c1cc2cccc([N+](=O)[O-])c2[nH]1. The number of anilines is 1. The minimum atomic E-state index is -0.605. The summed E-state index contributed by atoms with van der Waals surface area (Å²) >= 11 is 0. The molecule has 1 aliphatic heterocycles. The Morgan fingerprint density at radius 3 is 2.88 bits per heavy atom. The van der Waals surface area contributed by atoms with Crippen LogP contribution in [0.5, 0.6) is 0 Å². The van der Waals surface area contributed by atoms with Gasteiger partial charge >= 0.3 is 0 Å². The lowest BCUT2D eigenvalue weighted by atomic mass is 10.1. The quantitative estimate of drug-likeness (QED) is 0.363. The molecule has 0 saturated heterocycles. The average Bonchev–Trinajstić information content (AvgIpc) is 3.32.